The Morgan fingerprint density at radius 1 is 1.14 bits per heavy atom. The van der Waals surface area contributed by atoms with E-state index in [1.54, 1.807) is 7.11 Å². The van der Waals surface area contributed by atoms with E-state index in [2.05, 4.69) is 24.4 Å². The summed E-state index contributed by atoms with van der Waals surface area (Å²) in [6.45, 7) is 2.50. The van der Waals surface area contributed by atoms with Crippen LogP contribution in [0.3, 0.4) is 0 Å². The molecular weight excluding hydrogens is 278 g/mol. The number of aryl methyl sites for hydroxylation is 1. The average Bonchev–Trinajstić information content (AvgIpc) is 3.01. The van der Waals surface area contributed by atoms with Crippen molar-refractivity contribution in [2.45, 2.75) is 25.8 Å². The normalized spacial score (nSPS) is 13.7. The molecule has 0 amide bonds. The van der Waals surface area contributed by atoms with Gasteiger partial charge in [-0.05, 0) is 49.6 Å². The number of anilines is 1. The van der Waals surface area contributed by atoms with Gasteiger partial charge in [0.05, 0.1) is 12.8 Å². The molecular formula is C18H21NO3. The number of rotatable bonds is 6. The summed E-state index contributed by atoms with van der Waals surface area (Å²) in [5.74, 6) is 2.56. The first-order valence-corrected chi connectivity index (χ1v) is 7.54. The summed E-state index contributed by atoms with van der Waals surface area (Å²) in [5.41, 5.74) is 2.29. The predicted molar refractivity (Wildman–Crippen MR) is 87.0 cm³/mol. The predicted octanol–water partition coefficient (Wildman–Crippen LogP) is 3.86. The molecule has 1 aliphatic rings. The number of benzene rings is 2. The first-order valence-electron chi connectivity index (χ1n) is 7.54. The minimum Gasteiger partial charge on any atom is -0.495 e. The average molecular weight is 299 g/mol. The highest BCUT2D eigenvalue weighted by Crippen LogP contribution is 2.33. The van der Waals surface area contributed by atoms with Crippen LogP contribution in [0.4, 0.5) is 5.69 Å². The van der Waals surface area contributed by atoms with Gasteiger partial charge in [0.1, 0.15) is 5.75 Å². The summed E-state index contributed by atoms with van der Waals surface area (Å²) in [6.07, 6.45) is 2.01. The third-order valence-electron chi connectivity index (χ3n) is 3.81. The Labute approximate surface area is 131 Å². The zero-order valence-corrected chi connectivity index (χ0v) is 13.0. The first kappa shape index (κ1) is 14.6. The molecule has 4 nitrogen and oxygen atoms in total. The minimum absolute atomic E-state index is 0.324. The van der Waals surface area contributed by atoms with Crippen LogP contribution >= 0.6 is 0 Å². The van der Waals surface area contributed by atoms with E-state index in [1.165, 1.54) is 5.56 Å². The number of ether oxygens (including phenoxy) is 3. The Bertz CT molecular complexity index is 642. The molecule has 0 saturated heterocycles. The molecule has 0 aromatic heterocycles. The van der Waals surface area contributed by atoms with Crippen LogP contribution in [0.2, 0.25) is 0 Å². The molecule has 0 saturated carbocycles. The second-order valence-electron chi connectivity index (χ2n) is 5.47. The third-order valence-corrected chi connectivity index (χ3v) is 3.81. The van der Waals surface area contributed by atoms with Crippen molar-refractivity contribution in [2.24, 2.45) is 0 Å². The Balaban J connectivity index is 1.57. The second kappa shape index (κ2) is 6.60. The van der Waals surface area contributed by atoms with Gasteiger partial charge in [0.15, 0.2) is 11.5 Å². The Morgan fingerprint density at radius 3 is 2.82 bits per heavy atom. The van der Waals surface area contributed by atoms with Crippen molar-refractivity contribution in [3.05, 3.63) is 48.0 Å². The molecule has 0 spiro atoms. The lowest BCUT2D eigenvalue weighted by Gasteiger charge is -2.17. The summed E-state index contributed by atoms with van der Waals surface area (Å²) in [7, 11) is 1.69. The largest absolute Gasteiger partial charge is 0.495 e. The first-order chi connectivity index (χ1) is 10.8. The van der Waals surface area contributed by atoms with Crippen LogP contribution in [0, 0.1) is 0 Å². The van der Waals surface area contributed by atoms with Gasteiger partial charge in [-0.1, -0.05) is 18.2 Å². The minimum atomic E-state index is 0.324. The van der Waals surface area contributed by atoms with E-state index in [9.17, 15) is 0 Å². The molecule has 0 radical (unpaired) electrons. The Kier molecular flexibility index (Phi) is 4.37. The molecule has 0 bridgehead atoms. The number of methoxy groups -OCH3 is 1. The molecule has 1 heterocycles. The van der Waals surface area contributed by atoms with Gasteiger partial charge in [-0.25, -0.2) is 0 Å². The Morgan fingerprint density at radius 2 is 1.95 bits per heavy atom. The standard InChI is InChI=1S/C18H21NO3/c1-13(19-15-5-3-4-6-16(15)20-2)7-8-14-9-10-17-18(11-14)22-12-21-17/h3-6,9-11,13,19H,7-8,12H2,1-2H3. The maximum atomic E-state index is 5.42. The molecule has 0 fully saturated rings. The van der Waals surface area contributed by atoms with Gasteiger partial charge < -0.3 is 19.5 Å². The summed E-state index contributed by atoms with van der Waals surface area (Å²) >= 11 is 0. The van der Waals surface area contributed by atoms with Crippen molar-refractivity contribution >= 4 is 5.69 Å². The van der Waals surface area contributed by atoms with Crippen LogP contribution in [0.1, 0.15) is 18.9 Å². The number of hydrogen-bond donors (Lipinski definition) is 1. The van der Waals surface area contributed by atoms with Crippen LogP contribution in [0.5, 0.6) is 17.2 Å². The van der Waals surface area contributed by atoms with E-state index in [0.717, 1.165) is 35.8 Å². The summed E-state index contributed by atoms with van der Waals surface area (Å²) in [5, 5.41) is 3.50. The van der Waals surface area contributed by atoms with Gasteiger partial charge >= 0.3 is 0 Å². The van der Waals surface area contributed by atoms with Crippen molar-refractivity contribution in [2.75, 3.05) is 19.2 Å². The smallest absolute Gasteiger partial charge is 0.231 e. The van der Waals surface area contributed by atoms with Crippen molar-refractivity contribution in [1.82, 2.24) is 0 Å². The van der Waals surface area contributed by atoms with Gasteiger partial charge in [0.2, 0.25) is 6.79 Å². The lowest BCUT2D eigenvalue weighted by molar-refractivity contribution is 0.174. The maximum absolute atomic E-state index is 5.42. The maximum Gasteiger partial charge on any atom is 0.231 e. The molecule has 3 rings (SSSR count). The van der Waals surface area contributed by atoms with Crippen LogP contribution in [-0.2, 0) is 6.42 Å². The van der Waals surface area contributed by atoms with E-state index >= 15 is 0 Å². The highest BCUT2D eigenvalue weighted by atomic mass is 16.7. The molecule has 0 aliphatic carbocycles. The van der Waals surface area contributed by atoms with Gasteiger partial charge in [-0.3, -0.25) is 0 Å². The third kappa shape index (κ3) is 3.27. The van der Waals surface area contributed by atoms with Crippen molar-refractivity contribution in [3.8, 4) is 17.2 Å². The molecule has 2 aromatic rings. The number of hydrogen-bond acceptors (Lipinski definition) is 4. The fourth-order valence-corrected chi connectivity index (χ4v) is 2.58. The highest BCUT2D eigenvalue weighted by Gasteiger charge is 2.13. The highest BCUT2D eigenvalue weighted by molar-refractivity contribution is 5.56. The Hall–Kier alpha value is -2.36. The zero-order chi connectivity index (χ0) is 15.4. The molecule has 1 aliphatic heterocycles. The van der Waals surface area contributed by atoms with Crippen LogP contribution < -0.4 is 19.5 Å². The van der Waals surface area contributed by atoms with Gasteiger partial charge in [0.25, 0.3) is 0 Å². The fraction of sp³-hybridized carbons (Fsp3) is 0.333. The van der Waals surface area contributed by atoms with Crippen LogP contribution in [0.25, 0.3) is 0 Å². The van der Waals surface area contributed by atoms with E-state index in [0.29, 0.717) is 12.8 Å². The number of nitrogens with one attached hydrogen (secondary N) is 1. The molecule has 1 atom stereocenters. The lowest BCUT2D eigenvalue weighted by atomic mass is 10.1. The van der Waals surface area contributed by atoms with Crippen molar-refractivity contribution in [1.29, 1.82) is 0 Å². The lowest BCUT2D eigenvalue weighted by Crippen LogP contribution is -2.16. The molecule has 4 heteroatoms. The van der Waals surface area contributed by atoms with Gasteiger partial charge in [0, 0.05) is 6.04 Å². The monoisotopic (exact) mass is 299 g/mol. The summed E-state index contributed by atoms with van der Waals surface area (Å²) < 4.78 is 16.1. The number of fused-ring (bicyclic) bond motifs is 1. The topological polar surface area (TPSA) is 39.7 Å². The van der Waals surface area contributed by atoms with Crippen molar-refractivity contribution in [3.63, 3.8) is 0 Å². The van der Waals surface area contributed by atoms with Gasteiger partial charge in [-0.15, -0.1) is 0 Å². The van der Waals surface area contributed by atoms with Crippen molar-refractivity contribution < 1.29 is 14.2 Å². The zero-order valence-electron chi connectivity index (χ0n) is 13.0. The van der Waals surface area contributed by atoms with E-state index in [1.807, 2.05) is 30.3 Å². The molecule has 22 heavy (non-hydrogen) atoms. The SMILES string of the molecule is COc1ccccc1NC(C)CCc1ccc2c(c1)OCO2. The van der Waals surface area contributed by atoms with E-state index in [4.69, 9.17) is 14.2 Å². The van der Waals surface area contributed by atoms with Crippen LogP contribution in [0.15, 0.2) is 42.5 Å². The summed E-state index contributed by atoms with van der Waals surface area (Å²) in [4.78, 5) is 0. The second-order valence-corrected chi connectivity index (χ2v) is 5.47. The van der Waals surface area contributed by atoms with E-state index < -0.39 is 0 Å². The molecule has 2 aromatic carbocycles. The fourth-order valence-electron chi connectivity index (χ4n) is 2.58. The number of para-hydroxylation sites is 2. The van der Waals surface area contributed by atoms with E-state index in [-0.39, 0.29) is 0 Å². The molecule has 116 valence electrons. The summed E-state index contributed by atoms with van der Waals surface area (Å²) in [6, 6.07) is 14.5. The van der Waals surface area contributed by atoms with Gasteiger partial charge in [-0.2, -0.15) is 0 Å². The molecule has 1 N–H and O–H groups in total. The quantitative estimate of drug-likeness (QED) is 0.879. The molecule has 1 unspecified atom stereocenters. The van der Waals surface area contributed by atoms with Crippen LogP contribution in [-0.4, -0.2) is 19.9 Å².